The topological polar surface area (TPSA) is 22.0 Å². The van der Waals surface area contributed by atoms with Gasteiger partial charge in [0.05, 0.1) is 0 Å². The van der Waals surface area contributed by atoms with E-state index in [4.69, 9.17) is 11.6 Å². The molecule has 0 saturated carbocycles. The quantitative estimate of drug-likeness (QED) is 0.630. The standard InChI is InChI=1S/C13H7ClFNOSe/c14-10-7-8(15)5-6-11(10)16-13(17)9-3-1-2-4-12(9)18-16/h1-7H. The first-order valence-electron chi connectivity index (χ1n) is 5.23. The molecule has 1 aromatic heterocycles. The van der Waals surface area contributed by atoms with E-state index in [0.717, 1.165) is 4.26 Å². The summed E-state index contributed by atoms with van der Waals surface area (Å²) < 4.78 is 15.7. The van der Waals surface area contributed by atoms with Gasteiger partial charge in [-0.15, -0.1) is 0 Å². The van der Waals surface area contributed by atoms with E-state index in [9.17, 15) is 9.18 Å². The van der Waals surface area contributed by atoms with Gasteiger partial charge >= 0.3 is 113 Å². The second-order valence-electron chi connectivity index (χ2n) is 3.78. The number of halogens is 2. The molecule has 90 valence electrons. The van der Waals surface area contributed by atoms with E-state index in [1.165, 1.54) is 12.1 Å². The summed E-state index contributed by atoms with van der Waals surface area (Å²) in [7, 11) is 0. The average Bonchev–Trinajstić information content (AvgIpc) is 2.68. The number of benzene rings is 2. The van der Waals surface area contributed by atoms with Crippen molar-refractivity contribution in [2.45, 2.75) is 0 Å². The summed E-state index contributed by atoms with van der Waals surface area (Å²) in [5, 5.41) is 0.968. The third kappa shape index (κ3) is 1.83. The van der Waals surface area contributed by atoms with E-state index in [1.54, 1.807) is 15.7 Å². The number of fused-ring (bicyclic) bond motifs is 1. The van der Waals surface area contributed by atoms with Crippen LogP contribution >= 0.6 is 11.6 Å². The molecule has 0 aliphatic rings. The Morgan fingerprint density at radius 1 is 1.17 bits per heavy atom. The summed E-state index contributed by atoms with van der Waals surface area (Å²) in [6.07, 6.45) is 0. The summed E-state index contributed by atoms with van der Waals surface area (Å²) in [5.41, 5.74) is 0.498. The summed E-state index contributed by atoms with van der Waals surface area (Å²) in [6.45, 7) is 0. The molecule has 0 fully saturated rings. The minimum atomic E-state index is -0.402. The number of rotatable bonds is 1. The van der Waals surface area contributed by atoms with Crippen LogP contribution < -0.4 is 5.56 Å². The number of nitrogens with zero attached hydrogens (tertiary/aromatic N) is 1. The fraction of sp³-hybridized carbons (Fsp3) is 0. The van der Waals surface area contributed by atoms with E-state index < -0.39 is 5.82 Å². The molecule has 0 N–H and O–H groups in total. The van der Waals surface area contributed by atoms with Crippen LogP contribution in [0.2, 0.25) is 5.02 Å². The van der Waals surface area contributed by atoms with Crippen molar-refractivity contribution in [3.63, 3.8) is 0 Å². The maximum atomic E-state index is 13.0. The van der Waals surface area contributed by atoms with Gasteiger partial charge in [-0.2, -0.15) is 0 Å². The molecule has 5 heteroatoms. The van der Waals surface area contributed by atoms with Crippen molar-refractivity contribution in [2.75, 3.05) is 0 Å². The van der Waals surface area contributed by atoms with Crippen molar-refractivity contribution in [1.82, 2.24) is 3.56 Å². The molecule has 3 aromatic rings. The molecule has 2 nitrogen and oxygen atoms in total. The van der Waals surface area contributed by atoms with Crippen LogP contribution in [0.5, 0.6) is 0 Å². The van der Waals surface area contributed by atoms with E-state index in [2.05, 4.69) is 0 Å². The number of hydrogen-bond donors (Lipinski definition) is 0. The van der Waals surface area contributed by atoms with Gasteiger partial charge in [0.1, 0.15) is 0 Å². The predicted molar refractivity (Wildman–Crippen MR) is 71.5 cm³/mol. The van der Waals surface area contributed by atoms with E-state index in [-0.39, 0.29) is 25.3 Å². The van der Waals surface area contributed by atoms with Crippen LogP contribution in [0.3, 0.4) is 0 Å². The van der Waals surface area contributed by atoms with Gasteiger partial charge < -0.3 is 0 Å². The van der Waals surface area contributed by atoms with Crippen molar-refractivity contribution in [2.24, 2.45) is 0 Å². The maximum absolute atomic E-state index is 13.0. The molecule has 0 aliphatic heterocycles. The van der Waals surface area contributed by atoms with Gasteiger partial charge in [-0.3, -0.25) is 0 Å². The van der Waals surface area contributed by atoms with Crippen LogP contribution in [0.4, 0.5) is 4.39 Å². The number of hydrogen-bond acceptors (Lipinski definition) is 1. The Morgan fingerprint density at radius 3 is 2.67 bits per heavy atom. The Balaban J connectivity index is 2.32. The van der Waals surface area contributed by atoms with Crippen LogP contribution in [0, 0.1) is 5.82 Å². The molecule has 0 aliphatic carbocycles. The third-order valence-electron chi connectivity index (χ3n) is 2.62. The monoisotopic (exact) mass is 327 g/mol. The first-order chi connectivity index (χ1) is 8.66. The molecule has 0 spiro atoms. The van der Waals surface area contributed by atoms with E-state index in [1.807, 2.05) is 18.2 Å². The normalized spacial score (nSPS) is 11.0. The molecule has 2 aromatic carbocycles. The summed E-state index contributed by atoms with van der Waals surface area (Å²) in [5.74, 6) is -0.402. The zero-order valence-electron chi connectivity index (χ0n) is 9.06. The molecule has 3 rings (SSSR count). The fourth-order valence-electron chi connectivity index (χ4n) is 1.78. The molecular weight excluding hydrogens is 320 g/mol. The van der Waals surface area contributed by atoms with Crippen LogP contribution in [0.25, 0.3) is 15.3 Å². The number of aromatic nitrogens is 1. The Labute approximate surface area is 113 Å². The molecule has 0 atom stereocenters. The summed E-state index contributed by atoms with van der Waals surface area (Å²) >= 11 is 5.85. The van der Waals surface area contributed by atoms with E-state index in [0.29, 0.717) is 11.1 Å². The molecule has 1 heterocycles. The zero-order chi connectivity index (χ0) is 12.7. The van der Waals surface area contributed by atoms with Crippen molar-refractivity contribution < 1.29 is 4.39 Å². The molecule has 0 bridgehead atoms. The molecule has 0 amide bonds. The van der Waals surface area contributed by atoms with Crippen molar-refractivity contribution in [1.29, 1.82) is 0 Å². The SMILES string of the molecule is O=c1c2ccccc2[se]n1-c1ccc(F)cc1Cl. The van der Waals surface area contributed by atoms with Gasteiger partial charge in [0.15, 0.2) is 0 Å². The van der Waals surface area contributed by atoms with Crippen molar-refractivity contribution >= 4 is 36.0 Å². The van der Waals surface area contributed by atoms with E-state index >= 15 is 0 Å². The van der Waals surface area contributed by atoms with Crippen LogP contribution in [-0.4, -0.2) is 18.3 Å². The Bertz CT molecular complexity index is 793. The van der Waals surface area contributed by atoms with Gasteiger partial charge in [-0.25, -0.2) is 0 Å². The Hall–Kier alpha value is -1.35. The fourth-order valence-corrected chi connectivity index (χ4v) is 4.30. The predicted octanol–water partition coefficient (Wildman–Crippen LogP) is 2.84. The summed E-state index contributed by atoms with van der Waals surface area (Å²) in [4.78, 5) is 12.2. The molecular formula is C13H7ClFNOSe. The third-order valence-corrected chi connectivity index (χ3v) is 5.23. The van der Waals surface area contributed by atoms with Crippen molar-refractivity contribution in [3.8, 4) is 5.69 Å². The molecule has 0 unspecified atom stereocenters. The minimum absolute atomic E-state index is 0.0703. The first kappa shape index (κ1) is 11.7. The first-order valence-corrected chi connectivity index (χ1v) is 7.23. The zero-order valence-corrected chi connectivity index (χ0v) is 11.5. The average molecular weight is 327 g/mol. The van der Waals surface area contributed by atoms with Gasteiger partial charge in [0.25, 0.3) is 0 Å². The van der Waals surface area contributed by atoms with Gasteiger partial charge in [0, 0.05) is 0 Å². The van der Waals surface area contributed by atoms with Gasteiger partial charge in [-0.05, 0) is 0 Å². The van der Waals surface area contributed by atoms with Gasteiger partial charge in [-0.1, -0.05) is 0 Å². The van der Waals surface area contributed by atoms with Crippen molar-refractivity contribution in [3.05, 3.63) is 63.7 Å². The van der Waals surface area contributed by atoms with Crippen LogP contribution in [-0.2, 0) is 0 Å². The second kappa shape index (κ2) is 4.39. The molecule has 0 saturated heterocycles. The Morgan fingerprint density at radius 2 is 1.94 bits per heavy atom. The van der Waals surface area contributed by atoms with Crippen LogP contribution in [0.15, 0.2) is 47.3 Å². The summed E-state index contributed by atoms with van der Waals surface area (Å²) in [6, 6.07) is 11.6. The Kier molecular flexibility index (Phi) is 2.86. The second-order valence-corrected chi connectivity index (χ2v) is 6.26. The molecule has 0 radical (unpaired) electrons. The van der Waals surface area contributed by atoms with Gasteiger partial charge in [0.2, 0.25) is 0 Å². The van der Waals surface area contributed by atoms with Crippen LogP contribution in [0.1, 0.15) is 0 Å². The molecule has 18 heavy (non-hydrogen) atoms.